The van der Waals surface area contributed by atoms with Crippen LogP contribution >= 0.6 is 0 Å². The van der Waals surface area contributed by atoms with Gasteiger partial charge in [-0.05, 0) is 12.5 Å². The third kappa shape index (κ3) is 2.51. The van der Waals surface area contributed by atoms with Gasteiger partial charge in [0.15, 0.2) is 6.29 Å². The molecule has 126 valence electrons. The minimum absolute atomic E-state index is 0.121. The Bertz CT molecular complexity index is 754. The SMILES string of the molecule is COc1c(C)c(O)c(C=O)c2c1C(OC)CC(c1ccccc1)O2. The molecule has 0 bridgehead atoms. The van der Waals surface area contributed by atoms with Crippen LogP contribution in [0, 0.1) is 6.92 Å². The van der Waals surface area contributed by atoms with E-state index in [9.17, 15) is 9.90 Å². The van der Waals surface area contributed by atoms with E-state index < -0.39 is 0 Å². The quantitative estimate of drug-likeness (QED) is 0.866. The first-order valence-corrected chi connectivity index (χ1v) is 7.75. The van der Waals surface area contributed by atoms with Crippen molar-refractivity contribution in [1.82, 2.24) is 0 Å². The van der Waals surface area contributed by atoms with Crippen molar-refractivity contribution in [3.8, 4) is 17.2 Å². The van der Waals surface area contributed by atoms with Crippen molar-refractivity contribution in [2.75, 3.05) is 14.2 Å². The third-order valence-electron chi connectivity index (χ3n) is 4.47. The van der Waals surface area contributed by atoms with E-state index in [1.807, 2.05) is 30.3 Å². The van der Waals surface area contributed by atoms with E-state index >= 15 is 0 Å². The van der Waals surface area contributed by atoms with Crippen LogP contribution in [0.4, 0.5) is 0 Å². The van der Waals surface area contributed by atoms with Gasteiger partial charge < -0.3 is 19.3 Å². The zero-order valence-corrected chi connectivity index (χ0v) is 13.9. The molecule has 1 N–H and O–H groups in total. The zero-order valence-electron chi connectivity index (χ0n) is 13.9. The van der Waals surface area contributed by atoms with Gasteiger partial charge in [-0.15, -0.1) is 0 Å². The van der Waals surface area contributed by atoms with Crippen molar-refractivity contribution >= 4 is 6.29 Å². The number of hydrogen-bond acceptors (Lipinski definition) is 5. The van der Waals surface area contributed by atoms with E-state index in [2.05, 4.69) is 0 Å². The molecule has 0 aliphatic carbocycles. The molecule has 0 fully saturated rings. The van der Waals surface area contributed by atoms with Crippen molar-refractivity contribution in [2.45, 2.75) is 25.6 Å². The number of aromatic hydroxyl groups is 1. The van der Waals surface area contributed by atoms with Gasteiger partial charge in [0.05, 0.1) is 24.3 Å². The molecule has 5 nitrogen and oxygen atoms in total. The fourth-order valence-corrected chi connectivity index (χ4v) is 3.25. The topological polar surface area (TPSA) is 65.0 Å². The van der Waals surface area contributed by atoms with Gasteiger partial charge in [-0.2, -0.15) is 0 Å². The van der Waals surface area contributed by atoms with Gasteiger partial charge in [0.1, 0.15) is 23.4 Å². The molecule has 0 amide bonds. The minimum atomic E-state index is -0.299. The van der Waals surface area contributed by atoms with Crippen LogP contribution in [0.1, 0.15) is 45.7 Å². The molecule has 3 rings (SSSR count). The Hall–Kier alpha value is -2.53. The number of rotatable bonds is 4. The number of ether oxygens (including phenoxy) is 3. The van der Waals surface area contributed by atoms with E-state index in [0.717, 1.165) is 5.56 Å². The van der Waals surface area contributed by atoms with Gasteiger partial charge in [0.25, 0.3) is 0 Å². The van der Waals surface area contributed by atoms with Crippen molar-refractivity contribution in [3.05, 3.63) is 52.6 Å². The lowest BCUT2D eigenvalue weighted by molar-refractivity contribution is 0.0274. The lowest BCUT2D eigenvalue weighted by Gasteiger charge is -2.34. The second-order valence-electron chi connectivity index (χ2n) is 5.76. The molecular formula is C19H20O5. The summed E-state index contributed by atoms with van der Waals surface area (Å²) >= 11 is 0. The van der Waals surface area contributed by atoms with Crippen LogP contribution in [-0.4, -0.2) is 25.6 Å². The molecule has 1 aliphatic rings. The van der Waals surface area contributed by atoms with E-state index in [1.165, 1.54) is 7.11 Å². The molecule has 1 aliphatic heterocycles. The normalized spacial score (nSPS) is 19.3. The summed E-state index contributed by atoms with van der Waals surface area (Å²) in [6.07, 6.45) is 0.633. The highest BCUT2D eigenvalue weighted by Crippen LogP contribution is 2.52. The number of hydrogen-bond donors (Lipinski definition) is 1. The van der Waals surface area contributed by atoms with E-state index in [0.29, 0.717) is 35.3 Å². The Morgan fingerprint density at radius 3 is 2.54 bits per heavy atom. The first-order chi connectivity index (χ1) is 11.6. The Balaban J connectivity index is 2.20. The molecule has 1 heterocycles. The smallest absolute Gasteiger partial charge is 0.157 e. The molecule has 2 atom stereocenters. The third-order valence-corrected chi connectivity index (χ3v) is 4.47. The van der Waals surface area contributed by atoms with Gasteiger partial charge in [0.2, 0.25) is 0 Å². The van der Waals surface area contributed by atoms with Crippen molar-refractivity contribution in [2.24, 2.45) is 0 Å². The van der Waals surface area contributed by atoms with E-state index in [1.54, 1.807) is 14.0 Å². The Kier molecular flexibility index (Phi) is 4.44. The number of carbonyl (C=O) groups excluding carboxylic acids is 1. The molecule has 0 aromatic heterocycles. The highest BCUT2D eigenvalue weighted by atomic mass is 16.5. The fraction of sp³-hybridized carbons (Fsp3) is 0.316. The van der Waals surface area contributed by atoms with Crippen LogP contribution in [0.15, 0.2) is 30.3 Å². The number of benzene rings is 2. The number of phenolic OH excluding ortho intramolecular Hbond substituents is 1. The summed E-state index contributed by atoms with van der Waals surface area (Å²) in [6, 6.07) is 9.74. The zero-order chi connectivity index (χ0) is 17.3. The number of phenols is 1. The van der Waals surface area contributed by atoms with Crippen LogP contribution < -0.4 is 9.47 Å². The van der Waals surface area contributed by atoms with Crippen molar-refractivity contribution in [1.29, 1.82) is 0 Å². The Morgan fingerprint density at radius 2 is 1.96 bits per heavy atom. The molecule has 2 unspecified atom stereocenters. The highest BCUT2D eigenvalue weighted by molar-refractivity contribution is 5.87. The summed E-state index contributed by atoms with van der Waals surface area (Å²) in [4.78, 5) is 11.6. The average molecular weight is 328 g/mol. The maximum absolute atomic E-state index is 11.6. The number of methoxy groups -OCH3 is 2. The van der Waals surface area contributed by atoms with Gasteiger partial charge in [0, 0.05) is 19.1 Å². The van der Waals surface area contributed by atoms with Crippen LogP contribution in [0.2, 0.25) is 0 Å². The van der Waals surface area contributed by atoms with Gasteiger partial charge in [-0.25, -0.2) is 0 Å². The molecule has 0 saturated heterocycles. The minimum Gasteiger partial charge on any atom is -0.507 e. The molecule has 2 aromatic carbocycles. The lowest BCUT2D eigenvalue weighted by Crippen LogP contribution is -2.22. The molecule has 2 aromatic rings. The van der Waals surface area contributed by atoms with Crippen LogP contribution in [0.5, 0.6) is 17.2 Å². The van der Waals surface area contributed by atoms with Crippen LogP contribution in [0.3, 0.4) is 0 Å². The largest absolute Gasteiger partial charge is 0.507 e. The molecule has 0 spiro atoms. The first-order valence-electron chi connectivity index (χ1n) is 7.75. The second kappa shape index (κ2) is 6.53. The number of aldehydes is 1. The monoisotopic (exact) mass is 328 g/mol. The molecule has 24 heavy (non-hydrogen) atoms. The molecular weight excluding hydrogens is 308 g/mol. The maximum atomic E-state index is 11.6. The average Bonchev–Trinajstić information content (AvgIpc) is 2.63. The predicted octanol–water partition coefficient (Wildman–Crippen LogP) is 3.73. The van der Waals surface area contributed by atoms with Gasteiger partial charge in [-0.1, -0.05) is 30.3 Å². The lowest BCUT2D eigenvalue weighted by atomic mass is 9.90. The van der Waals surface area contributed by atoms with Crippen LogP contribution in [0.25, 0.3) is 0 Å². The molecule has 5 heteroatoms. The molecule has 0 radical (unpaired) electrons. The fourth-order valence-electron chi connectivity index (χ4n) is 3.25. The summed E-state index contributed by atoms with van der Waals surface area (Å²) in [6.45, 7) is 1.71. The number of fused-ring (bicyclic) bond motifs is 1. The van der Waals surface area contributed by atoms with Gasteiger partial charge >= 0.3 is 0 Å². The number of carbonyl (C=O) groups is 1. The Labute approximate surface area is 140 Å². The van der Waals surface area contributed by atoms with Gasteiger partial charge in [-0.3, -0.25) is 4.79 Å². The molecule has 0 saturated carbocycles. The summed E-state index contributed by atoms with van der Waals surface area (Å²) < 4.78 is 17.2. The summed E-state index contributed by atoms with van der Waals surface area (Å²) in [7, 11) is 3.14. The summed E-state index contributed by atoms with van der Waals surface area (Å²) in [5, 5.41) is 10.3. The maximum Gasteiger partial charge on any atom is 0.157 e. The first kappa shape index (κ1) is 16.3. The van der Waals surface area contributed by atoms with E-state index in [-0.39, 0.29) is 23.5 Å². The van der Waals surface area contributed by atoms with Crippen molar-refractivity contribution in [3.63, 3.8) is 0 Å². The standard InChI is InChI=1S/C19H20O5/c1-11-17(21)13(10-20)19-16(18(11)23-3)15(22-2)9-14(24-19)12-7-5-4-6-8-12/h4-8,10,14-15,21H,9H2,1-3H3. The van der Waals surface area contributed by atoms with E-state index in [4.69, 9.17) is 14.2 Å². The Morgan fingerprint density at radius 1 is 1.25 bits per heavy atom. The predicted molar refractivity (Wildman–Crippen MR) is 89.0 cm³/mol. The highest BCUT2D eigenvalue weighted by Gasteiger charge is 2.36. The summed E-state index contributed by atoms with van der Waals surface area (Å²) in [5.41, 5.74) is 2.29. The second-order valence-corrected chi connectivity index (χ2v) is 5.76. The van der Waals surface area contributed by atoms with Crippen LogP contribution in [-0.2, 0) is 4.74 Å². The van der Waals surface area contributed by atoms with Crippen molar-refractivity contribution < 1.29 is 24.1 Å². The summed E-state index contributed by atoms with van der Waals surface area (Å²) in [5.74, 6) is 0.701.